The van der Waals surface area contributed by atoms with Crippen molar-refractivity contribution in [3.63, 3.8) is 0 Å². The first-order valence-corrected chi connectivity index (χ1v) is 9.28. The van der Waals surface area contributed by atoms with E-state index in [1.807, 2.05) is 18.2 Å². The SMILES string of the molecule is CC1CCC(C)(C)c2cc(C(=O)c3ccc(CCC(=O)O)cc3)ccc21. The third kappa shape index (κ3) is 3.72. The van der Waals surface area contributed by atoms with Crippen LogP contribution in [0.4, 0.5) is 0 Å². The summed E-state index contributed by atoms with van der Waals surface area (Å²) in [6, 6.07) is 13.4. The Balaban J connectivity index is 1.85. The van der Waals surface area contributed by atoms with Crippen LogP contribution in [0.5, 0.6) is 0 Å². The smallest absolute Gasteiger partial charge is 0.303 e. The molecular formula is C23H26O3. The van der Waals surface area contributed by atoms with Crippen molar-refractivity contribution in [3.05, 3.63) is 70.3 Å². The van der Waals surface area contributed by atoms with Crippen LogP contribution in [0, 0.1) is 0 Å². The maximum atomic E-state index is 12.9. The van der Waals surface area contributed by atoms with Crippen LogP contribution in [0.2, 0.25) is 0 Å². The van der Waals surface area contributed by atoms with Gasteiger partial charge in [0.1, 0.15) is 0 Å². The molecule has 0 fully saturated rings. The lowest BCUT2D eigenvalue weighted by Gasteiger charge is -2.36. The standard InChI is InChI=1S/C23H26O3/c1-15-12-13-23(2,3)20-14-18(9-10-19(15)20)22(26)17-7-4-16(5-8-17)6-11-21(24)25/h4-5,7-10,14-15H,6,11-13H2,1-3H3,(H,24,25). The quantitative estimate of drug-likeness (QED) is 0.762. The first-order chi connectivity index (χ1) is 12.3. The molecule has 1 aliphatic carbocycles. The third-order valence-electron chi connectivity index (χ3n) is 5.62. The van der Waals surface area contributed by atoms with Crippen molar-refractivity contribution in [3.8, 4) is 0 Å². The zero-order valence-corrected chi connectivity index (χ0v) is 15.7. The Morgan fingerprint density at radius 3 is 2.38 bits per heavy atom. The molecular weight excluding hydrogens is 324 g/mol. The Bertz CT molecular complexity index is 831. The number of benzene rings is 2. The summed E-state index contributed by atoms with van der Waals surface area (Å²) >= 11 is 0. The number of carbonyl (C=O) groups excluding carboxylic acids is 1. The van der Waals surface area contributed by atoms with E-state index in [9.17, 15) is 9.59 Å². The van der Waals surface area contributed by atoms with E-state index in [0.717, 1.165) is 17.5 Å². The first kappa shape index (κ1) is 18.4. The summed E-state index contributed by atoms with van der Waals surface area (Å²) in [5, 5.41) is 8.77. The lowest BCUT2D eigenvalue weighted by Crippen LogP contribution is -2.26. The minimum absolute atomic E-state index is 0.0200. The van der Waals surface area contributed by atoms with E-state index in [4.69, 9.17) is 5.11 Å². The lowest BCUT2D eigenvalue weighted by molar-refractivity contribution is -0.136. The second-order valence-electron chi connectivity index (χ2n) is 8.05. The highest BCUT2D eigenvalue weighted by Crippen LogP contribution is 2.42. The van der Waals surface area contributed by atoms with Crippen LogP contribution >= 0.6 is 0 Å². The van der Waals surface area contributed by atoms with Crippen LogP contribution in [0.25, 0.3) is 0 Å². The fourth-order valence-electron chi connectivity index (χ4n) is 3.82. The fourth-order valence-corrected chi connectivity index (χ4v) is 3.82. The van der Waals surface area contributed by atoms with Crippen molar-refractivity contribution < 1.29 is 14.7 Å². The van der Waals surface area contributed by atoms with Gasteiger partial charge in [0.25, 0.3) is 0 Å². The highest BCUT2D eigenvalue weighted by Gasteiger charge is 2.31. The molecule has 0 radical (unpaired) electrons. The summed E-state index contributed by atoms with van der Waals surface area (Å²) < 4.78 is 0. The number of carbonyl (C=O) groups is 2. The molecule has 0 amide bonds. The average Bonchev–Trinajstić information content (AvgIpc) is 2.63. The molecule has 1 N–H and O–H groups in total. The monoisotopic (exact) mass is 350 g/mol. The molecule has 0 heterocycles. The zero-order chi connectivity index (χ0) is 18.9. The van der Waals surface area contributed by atoms with E-state index in [-0.39, 0.29) is 17.6 Å². The van der Waals surface area contributed by atoms with Gasteiger partial charge >= 0.3 is 5.97 Å². The number of ketones is 1. The van der Waals surface area contributed by atoms with Crippen LogP contribution in [0.15, 0.2) is 42.5 Å². The van der Waals surface area contributed by atoms with Gasteiger partial charge in [0, 0.05) is 17.5 Å². The molecule has 26 heavy (non-hydrogen) atoms. The van der Waals surface area contributed by atoms with Crippen molar-refractivity contribution in [1.29, 1.82) is 0 Å². The van der Waals surface area contributed by atoms with Crippen molar-refractivity contribution >= 4 is 11.8 Å². The van der Waals surface area contributed by atoms with Gasteiger partial charge in [-0.05, 0) is 53.4 Å². The summed E-state index contributed by atoms with van der Waals surface area (Å²) in [7, 11) is 0. The number of carboxylic acids is 1. The number of carboxylic acid groups (broad SMARTS) is 1. The summed E-state index contributed by atoms with van der Waals surface area (Å²) in [5.41, 5.74) is 5.06. The van der Waals surface area contributed by atoms with Crippen LogP contribution in [-0.4, -0.2) is 16.9 Å². The molecule has 3 rings (SSSR count). The number of hydrogen-bond acceptors (Lipinski definition) is 2. The molecule has 3 nitrogen and oxygen atoms in total. The van der Waals surface area contributed by atoms with E-state index in [2.05, 4.69) is 32.9 Å². The van der Waals surface area contributed by atoms with Crippen molar-refractivity contribution in [2.75, 3.05) is 0 Å². The molecule has 0 saturated carbocycles. The Morgan fingerprint density at radius 1 is 1.08 bits per heavy atom. The van der Waals surface area contributed by atoms with Gasteiger partial charge < -0.3 is 5.11 Å². The van der Waals surface area contributed by atoms with E-state index in [1.165, 1.54) is 17.5 Å². The van der Waals surface area contributed by atoms with Gasteiger partial charge in [0.05, 0.1) is 0 Å². The molecule has 0 saturated heterocycles. The van der Waals surface area contributed by atoms with Crippen LogP contribution < -0.4 is 0 Å². The minimum Gasteiger partial charge on any atom is -0.481 e. The average molecular weight is 350 g/mol. The fraction of sp³-hybridized carbons (Fsp3) is 0.391. The zero-order valence-electron chi connectivity index (χ0n) is 15.7. The summed E-state index contributed by atoms with van der Waals surface area (Å²) in [5.74, 6) is -0.252. The second kappa shape index (κ2) is 7.06. The van der Waals surface area contributed by atoms with E-state index in [1.54, 1.807) is 12.1 Å². The van der Waals surface area contributed by atoms with E-state index >= 15 is 0 Å². The van der Waals surface area contributed by atoms with Crippen molar-refractivity contribution in [2.45, 2.75) is 57.8 Å². The molecule has 0 aliphatic heterocycles. The molecule has 0 bridgehead atoms. The maximum absolute atomic E-state index is 12.9. The number of aryl methyl sites for hydroxylation is 1. The topological polar surface area (TPSA) is 54.4 Å². The predicted molar refractivity (Wildman–Crippen MR) is 103 cm³/mol. The molecule has 1 atom stereocenters. The molecule has 1 aliphatic rings. The van der Waals surface area contributed by atoms with Crippen LogP contribution in [0.3, 0.4) is 0 Å². The molecule has 0 spiro atoms. The van der Waals surface area contributed by atoms with E-state index in [0.29, 0.717) is 17.9 Å². The molecule has 1 unspecified atom stereocenters. The van der Waals surface area contributed by atoms with Gasteiger partial charge in [-0.15, -0.1) is 0 Å². The number of aliphatic carboxylic acids is 1. The number of hydrogen-bond donors (Lipinski definition) is 1. The molecule has 3 heteroatoms. The van der Waals surface area contributed by atoms with Crippen molar-refractivity contribution in [1.82, 2.24) is 0 Å². The molecule has 2 aromatic carbocycles. The van der Waals surface area contributed by atoms with Crippen molar-refractivity contribution in [2.24, 2.45) is 0 Å². The van der Waals surface area contributed by atoms with Gasteiger partial charge in [-0.1, -0.05) is 57.2 Å². The van der Waals surface area contributed by atoms with Gasteiger partial charge in [-0.25, -0.2) is 0 Å². The van der Waals surface area contributed by atoms with Gasteiger partial charge in [-0.2, -0.15) is 0 Å². The normalized spacial score (nSPS) is 18.2. The summed E-state index contributed by atoms with van der Waals surface area (Å²) in [6.07, 6.45) is 2.91. The predicted octanol–water partition coefficient (Wildman–Crippen LogP) is 5.11. The Kier molecular flexibility index (Phi) is 4.99. The number of rotatable bonds is 5. The highest BCUT2D eigenvalue weighted by molar-refractivity contribution is 6.09. The Morgan fingerprint density at radius 2 is 1.73 bits per heavy atom. The number of fused-ring (bicyclic) bond motifs is 1. The minimum atomic E-state index is -0.809. The van der Waals surface area contributed by atoms with Crippen LogP contribution in [-0.2, 0) is 16.6 Å². The molecule has 0 aromatic heterocycles. The van der Waals surface area contributed by atoms with E-state index < -0.39 is 5.97 Å². The Labute approximate surface area is 155 Å². The molecule has 136 valence electrons. The summed E-state index contributed by atoms with van der Waals surface area (Å²) in [4.78, 5) is 23.6. The van der Waals surface area contributed by atoms with Gasteiger partial charge in [0.2, 0.25) is 0 Å². The second-order valence-corrected chi connectivity index (χ2v) is 8.05. The van der Waals surface area contributed by atoms with Gasteiger partial charge in [-0.3, -0.25) is 9.59 Å². The lowest BCUT2D eigenvalue weighted by atomic mass is 9.68. The van der Waals surface area contributed by atoms with Crippen LogP contribution in [0.1, 0.15) is 78.6 Å². The summed E-state index contributed by atoms with van der Waals surface area (Å²) in [6.45, 7) is 6.76. The third-order valence-corrected chi connectivity index (χ3v) is 5.62. The first-order valence-electron chi connectivity index (χ1n) is 9.28. The Hall–Kier alpha value is -2.42. The maximum Gasteiger partial charge on any atom is 0.303 e. The molecule has 2 aromatic rings. The largest absolute Gasteiger partial charge is 0.481 e. The highest BCUT2D eigenvalue weighted by atomic mass is 16.4. The van der Waals surface area contributed by atoms with Gasteiger partial charge in [0.15, 0.2) is 5.78 Å².